The predicted molar refractivity (Wildman–Crippen MR) is 79.5 cm³/mol. The number of benzene rings is 1. The zero-order valence-corrected chi connectivity index (χ0v) is 12.6. The lowest BCUT2D eigenvalue weighted by molar-refractivity contribution is -0.127. The molecule has 3 N–H and O–H groups in total. The number of urea groups is 1. The highest BCUT2D eigenvalue weighted by Crippen LogP contribution is 2.27. The summed E-state index contributed by atoms with van der Waals surface area (Å²) >= 11 is 0. The van der Waals surface area contributed by atoms with Crippen LogP contribution in [0.2, 0.25) is 0 Å². The van der Waals surface area contributed by atoms with Gasteiger partial charge < -0.3 is 19.6 Å². The first-order valence-corrected chi connectivity index (χ1v) is 6.74. The van der Waals surface area contributed by atoms with Gasteiger partial charge in [0, 0.05) is 18.1 Å². The molecule has 1 aromatic carbocycles. The monoisotopic (exact) mass is 320 g/mol. The Hall–Kier alpha value is -2.87. The van der Waals surface area contributed by atoms with E-state index in [0.717, 1.165) is 5.39 Å². The van der Waals surface area contributed by atoms with E-state index in [4.69, 9.17) is 19.6 Å². The molecule has 1 aromatic heterocycles. The minimum absolute atomic E-state index is 0.0493. The molecule has 1 atom stereocenters. The molecule has 0 spiro atoms. The second-order valence-corrected chi connectivity index (χ2v) is 4.74. The number of carbonyl (C=O) groups is 3. The molecule has 0 unspecified atom stereocenters. The Balaban J connectivity index is 2.25. The lowest BCUT2D eigenvalue weighted by Crippen LogP contribution is -2.42. The van der Waals surface area contributed by atoms with Crippen LogP contribution < -0.4 is 11.1 Å². The first kappa shape index (κ1) is 16.5. The molecule has 122 valence electrons. The molecule has 0 bridgehead atoms. The molecular formula is C15H16N2O6. The van der Waals surface area contributed by atoms with Gasteiger partial charge >= 0.3 is 12.0 Å². The van der Waals surface area contributed by atoms with Gasteiger partial charge in [0.15, 0.2) is 6.10 Å². The van der Waals surface area contributed by atoms with Gasteiger partial charge in [0.05, 0.1) is 6.61 Å². The van der Waals surface area contributed by atoms with Crippen LogP contribution in [0.3, 0.4) is 0 Å². The molecular weight excluding hydrogens is 304 g/mol. The second-order valence-electron chi connectivity index (χ2n) is 4.74. The van der Waals surface area contributed by atoms with E-state index >= 15 is 0 Å². The molecule has 0 saturated heterocycles. The summed E-state index contributed by atoms with van der Waals surface area (Å²) in [6.45, 7) is 1.46. The Morgan fingerprint density at radius 3 is 2.65 bits per heavy atom. The molecule has 23 heavy (non-hydrogen) atoms. The summed E-state index contributed by atoms with van der Waals surface area (Å²) in [6, 6.07) is 6.03. The summed E-state index contributed by atoms with van der Waals surface area (Å²) in [7, 11) is 1.49. The smallest absolute Gasteiger partial charge is 0.375 e. The summed E-state index contributed by atoms with van der Waals surface area (Å²) in [4.78, 5) is 34.4. The van der Waals surface area contributed by atoms with Crippen LogP contribution in [0.4, 0.5) is 4.79 Å². The number of primary amides is 1. The van der Waals surface area contributed by atoms with Crippen LogP contribution in [0.5, 0.6) is 0 Å². The Bertz CT molecular complexity index is 752. The SMILES string of the molecule is COCc1c(C(=O)O[C@H](C)C(=O)NC(N)=O)oc2ccccc12. The van der Waals surface area contributed by atoms with Gasteiger partial charge in [0.1, 0.15) is 5.58 Å². The average molecular weight is 320 g/mol. The molecule has 0 aliphatic rings. The van der Waals surface area contributed by atoms with E-state index in [2.05, 4.69) is 0 Å². The van der Waals surface area contributed by atoms with E-state index < -0.39 is 24.0 Å². The third-order valence-corrected chi connectivity index (χ3v) is 3.07. The van der Waals surface area contributed by atoms with Crippen LogP contribution in [-0.4, -0.2) is 31.1 Å². The van der Waals surface area contributed by atoms with Gasteiger partial charge in [-0.15, -0.1) is 0 Å². The molecule has 8 heteroatoms. The fourth-order valence-electron chi connectivity index (χ4n) is 2.04. The maximum Gasteiger partial charge on any atom is 0.375 e. The number of rotatable bonds is 5. The summed E-state index contributed by atoms with van der Waals surface area (Å²) in [5.74, 6) is -1.71. The first-order chi connectivity index (χ1) is 10.9. The molecule has 1 heterocycles. The van der Waals surface area contributed by atoms with Crippen molar-refractivity contribution in [2.75, 3.05) is 7.11 Å². The third-order valence-electron chi connectivity index (χ3n) is 3.07. The van der Waals surface area contributed by atoms with Crippen LogP contribution in [0.1, 0.15) is 23.0 Å². The number of hydrogen-bond acceptors (Lipinski definition) is 6. The summed E-state index contributed by atoms with van der Waals surface area (Å²) in [6.07, 6.45) is -1.21. The highest BCUT2D eigenvalue weighted by atomic mass is 16.6. The van der Waals surface area contributed by atoms with Crippen molar-refractivity contribution in [3.05, 3.63) is 35.6 Å². The maximum atomic E-state index is 12.2. The minimum Gasteiger partial charge on any atom is -0.449 e. The number of methoxy groups -OCH3 is 1. The van der Waals surface area contributed by atoms with Crippen LogP contribution in [0.25, 0.3) is 11.0 Å². The van der Waals surface area contributed by atoms with Gasteiger partial charge in [-0.2, -0.15) is 0 Å². The van der Waals surface area contributed by atoms with E-state index in [-0.39, 0.29) is 12.4 Å². The van der Waals surface area contributed by atoms with E-state index in [0.29, 0.717) is 11.1 Å². The van der Waals surface area contributed by atoms with E-state index in [1.54, 1.807) is 24.3 Å². The van der Waals surface area contributed by atoms with Gasteiger partial charge in [-0.05, 0) is 13.0 Å². The number of nitrogens with two attached hydrogens (primary N) is 1. The van der Waals surface area contributed by atoms with Crippen molar-refractivity contribution in [3.63, 3.8) is 0 Å². The maximum absolute atomic E-state index is 12.2. The van der Waals surface area contributed by atoms with Crippen molar-refractivity contribution in [3.8, 4) is 0 Å². The zero-order chi connectivity index (χ0) is 17.0. The van der Waals surface area contributed by atoms with E-state index in [9.17, 15) is 14.4 Å². The Morgan fingerprint density at radius 2 is 2.00 bits per heavy atom. The summed E-state index contributed by atoms with van der Waals surface area (Å²) < 4.78 is 15.6. The van der Waals surface area contributed by atoms with Crippen LogP contribution >= 0.6 is 0 Å². The van der Waals surface area contributed by atoms with E-state index in [1.165, 1.54) is 14.0 Å². The lowest BCUT2D eigenvalue weighted by Gasteiger charge is -2.11. The number of para-hydroxylation sites is 1. The standard InChI is InChI=1S/C15H16N2O6/c1-8(13(18)17-15(16)20)22-14(19)12-10(7-21-2)9-5-3-4-6-11(9)23-12/h3-6,8H,7H2,1-2H3,(H3,16,17,18,20)/t8-/m1/s1. The predicted octanol–water partition coefficient (Wildman–Crippen LogP) is 1.32. The Labute approximate surface area is 131 Å². The van der Waals surface area contributed by atoms with Crippen LogP contribution in [0, 0.1) is 0 Å². The molecule has 0 fully saturated rings. The minimum atomic E-state index is -1.21. The summed E-state index contributed by atoms with van der Waals surface area (Å²) in [5, 5.41) is 2.55. The molecule has 0 saturated carbocycles. The fraction of sp³-hybridized carbons (Fsp3) is 0.267. The van der Waals surface area contributed by atoms with Crippen LogP contribution in [-0.2, 0) is 20.9 Å². The number of imide groups is 1. The van der Waals surface area contributed by atoms with Crippen molar-refractivity contribution in [1.82, 2.24) is 5.32 Å². The van der Waals surface area contributed by atoms with E-state index in [1.807, 2.05) is 5.32 Å². The highest BCUT2D eigenvalue weighted by molar-refractivity contribution is 5.99. The number of carbonyl (C=O) groups excluding carboxylic acids is 3. The van der Waals surface area contributed by atoms with Crippen molar-refractivity contribution >= 4 is 28.9 Å². The molecule has 8 nitrogen and oxygen atoms in total. The topological polar surface area (TPSA) is 121 Å². The second kappa shape index (κ2) is 6.93. The lowest BCUT2D eigenvalue weighted by atomic mass is 10.1. The molecule has 0 aliphatic heterocycles. The number of ether oxygens (including phenoxy) is 2. The molecule has 0 aliphatic carbocycles. The molecule has 3 amide bonds. The number of furan rings is 1. The van der Waals surface area contributed by atoms with Gasteiger partial charge in [-0.3, -0.25) is 10.1 Å². The highest BCUT2D eigenvalue weighted by Gasteiger charge is 2.26. The quantitative estimate of drug-likeness (QED) is 0.801. The van der Waals surface area contributed by atoms with Gasteiger partial charge in [0.2, 0.25) is 5.76 Å². The van der Waals surface area contributed by atoms with Crippen LogP contribution in [0.15, 0.2) is 28.7 Å². The number of amides is 3. The van der Waals surface area contributed by atoms with Crippen molar-refractivity contribution in [1.29, 1.82) is 0 Å². The Morgan fingerprint density at radius 1 is 1.30 bits per heavy atom. The fourth-order valence-corrected chi connectivity index (χ4v) is 2.04. The molecule has 0 radical (unpaired) electrons. The summed E-state index contributed by atoms with van der Waals surface area (Å²) in [5.41, 5.74) is 5.87. The number of hydrogen-bond donors (Lipinski definition) is 2. The zero-order valence-electron chi connectivity index (χ0n) is 12.6. The number of esters is 1. The normalized spacial score (nSPS) is 11.9. The van der Waals surface area contributed by atoms with Gasteiger partial charge in [-0.1, -0.05) is 18.2 Å². The van der Waals surface area contributed by atoms with Gasteiger partial charge in [-0.25, -0.2) is 9.59 Å². The third kappa shape index (κ3) is 3.67. The Kier molecular flexibility index (Phi) is 4.97. The van der Waals surface area contributed by atoms with Crippen molar-refractivity contribution in [2.45, 2.75) is 19.6 Å². The first-order valence-electron chi connectivity index (χ1n) is 6.74. The average Bonchev–Trinajstić information content (AvgIpc) is 2.86. The number of nitrogens with one attached hydrogen (secondary N) is 1. The largest absolute Gasteiger partial charge is 0.449 e. The molecule has 2 rings (SSSR count). The van der Waals surface area contributed by atoms with Gasteiger partial charge in [0.25, 0.3) is 5.91 Å². The van der Waals surface area contributed by atoms with Crippen molar-refractivity contribution in [2.24, 2.45) is 5.73 Å². The number of fused-ring (bicyclic) bond motifs is 1. The molecule has 2 aromatic rings. The van der Waals surface area contributed by atoms with Crippen molar-refractivity contribution < 1.29 is 28.3 Å².